The number of morpholine rings is 1. The maximum Gasteiger partial charge on any atom is 0.225 e. The van der Waals surface area contributed by atoms with Crippen molar-refractivity contribution >= 4 is 17.3 Å². The van der Waals surface area contributed by atoms with Crippen LogP contribution < -0.4 is 11.1 Å². The summed E-state index contributed by atoms with van der Waals surface area (Å²) in [5.74, 6) is 0.0249. The summed E-state index contributed by atoms with van der Waals surface area (Å²) in [6.45, 7) is 5.36. The number of ether oxygens (including phenoxy) is 1. The average Bonchev–Trinajstić information content (AvgIpc) is 2.45. The highest BCUT2D eigenvalue weighted by atomic mass is 16.5. The summed E-state index contributed by atoms with van der Waals surface area (Å²) in [4.78, 5) is 14.3. The molecule has 0 aromatic heterocycles. The quantitative estimate of drug-likeness (QED) is 0.804. The Kier molecular flexibility index (Phi) is 5.38. The molecule has 1 unspecified atom stereocenters. The Bertz CT molecular complexity index is 450. The number of nitrogen functional groups attached to an aromatic ring is 1. The van der Waals surface area contributed by atoms with Crippen molar-refractivity contribution in [1.29, 1.82) is 0 Å². The van der Waals surface area contributed by atoms with E-state index in [-0.39, 0.29) is 5.91 Å². The highest BCUT2D eigenvalue weighted by molar-refractivity contribution is 5.91. The minimum Gasteiger partial charge on any atom is -0.399 e. The lowest BCUT2D eigenvalue weighted by atomic mass is 10.1. The number of amides is 1. The molecule has 5 nitrogen and oxygen atoms in total. The molecule has 1 aliphatic heterocycles. The van der Waals surface area contributed by atoms with Gasteiger partial charge in [0.15, 0.2) is 0 Å². The Labute approximate surface area is 120 Å². The number of nitrogens with two attached hydrogens (primary N) is 1. The summed E-state index contributed by atoms with van der Waals surface area (Å²) < 4.78 is 5.46. The molecule has 1 aliphatic rings. The first kappa shape index (κ1) is 14.8. The first-order chi connectivity index (χ1) is 9.69. The molecule has 0 bridgehead atoms. The van der Waals surface area contributed by atoms with E-state index >= 15 is 0 Å². The molecule has 1 heterocycles. The first-order valence-corrected chi connectivity index (χ1v) is 7.16. The van der Waals surface area contributed by atoms with Gasteiger partial charge in [0.25, 0.3) is 0 Å². The minimum atomic E-state index is 0.0249. The topological polar surface area (TPSA) is 67.6 Å². The Morgan fingerprint density at radius 3 is 3.15 bits per heavy atom. The Hall–Kier alpha value is -1.59. The molecule has 110 valence electrons. The second kappa shape index (κ2) is 7.26. The van der Waals surface area contributed by atoms with Crippen molar-refractivity contribution in [3.05, 3.63) is 24.3 Å². The van der Waals surface area contributed by atoms with Crippen molar-refractivity contribution in [2.24, 2.45) is 0 Å². The Morgan fingerprint density at radius 2 is 2.40 bits per heavy atom. The van der Waals surface area contributed by atoms with Crippen LogP contribution in [-0.4, -0.2) is 43.2 Å². The van der Waals surface area contributed by atoms with Gasteiger partial charge >= 0.3 is 0 Å². The zero-order valence-corrected chi connectivity index (χ0v) is 12.0. The van der Waals surface area contributed by atoms with Gasteiger partial charge in [-0.2, -0.15) is 0 Å². The van der Waals surface area contributed by atoms with Gasteiger partial charge in [0.1, 0.15) is 0 Å². The van der Waals surface area contributed by atoms with Crippen LogP contribution in [0.25, 0.3) is 0 Å². The average molecular weight is 277 g/mol. The second-order valence-electron chi connectivity index (χ2n) is 5.10. The van der Waals surface area contributed by atoms with Crippen molar-refractivity contribution < 1.29 is 9.53 Å². The standard InChI is InChI=1S/C15H23N3O2/c1-2-14-11-20-9-8-18(14)7-6-15(19)17-13-5-3-4-12(16)10-13/h3-5,10,14H,2,6-9,11,16H2,1H3,(H,17,19). The summed E-state index contributed by atoms with van der Waals surface area (Å²) in [6.07, 6.45) is 1.54. The van der Waals surface area contributed by atoms with Gasteiger partial charge in [0.2, 0.25) is 5.91 Å². The molecule has 1 atom stereocenters. The van der Waals surface area contributed by atoms with E-state index in [1.165, 1.54) is 0 Å². The zero-order valence-electron chi connectivity index (χ0n) is 12.0. The van der Waals surface area contributed by atoms with Crippen LogP contribution in [0.5, 0.6) is 0 Å². The maximum absolute atomic E-state index is 12.0. The van der Waals surface area contributed by atoms with Crippen molar-refractivity contribution in [2.45, 2.75) is 25.8 Å². The second-order valence-corrected chi connectivity index (χ2v) is 5.10. The predicted octanol–water partition coefficient (Wildman–Crippen LogP) is 1.71. The molecule has 1 aromatic rings. The van der Waals surface area contributed by atoms with E-state index in [1.807, 2.05) is 12.1 Å². The molecule has 1 fully saturated rings. The molecule has 0 aliphatic carbocycles. The smallest absolute Gasteiger partial charge is 0.225 e. The molecule has 0 saturated carbocycles. The van der Waals surface area contributed by atoms with E-state index in [2.05, 4.69) is 17.1 Å². The highest BCUT2D eigenvalue weighted by Crippen LogP contribution is 2.13. The molecule has 5 heteroatoms. The predicted molar refractivity (Wildman–Crippen MR) is 80.6 cm³/mol. The number of benzene rings is 1. The molecule has 0 spiro atoms. The van der Waals surface area contributed by atoms with Gasteiger partial charge in [-0.25, -0.2) is 0 Å². The first-order valence-electron chi connectivity index (χ1n) is 7.16. The van der Waals surface area contributed by atoms with Gasteiger partial charge in [-0.05, 0) is 24.6 Å². The number of hydrogen-bond donors (Lipinski definition) is 2. The molecule has 3 N–H and O–H groups in total. The normalized spacial score (nSPS) is 19.8. The van der Waals surface area contributed by atoms with E-state index in [4.69, 9.17) is 10.5 Å². The summed E-state index contributed by atoms with van der Waals surface area (Å²) >= 11 is 0. The summed E-state index contributed by atoms with van der Waals surface area (Å²) in [5.41, 5.74) is 7.10. The lowest BCUT2D eigenvalue weighted by molar-refractivity contribution is -0.117. The Morgan fingerprint density at radius 1 is 1.55 bits per heavy atom. The van der Waals surface area contributed by atoms with E-state index in [9.17, 15) is 4.79 Å². The van der Waals surface area contributed by atoms with Gasteiger partial charge < -0.3 is 15.8 Å². The lowest BCUT2D eigenvalue weighted by Gasteiger charge is -2.34. The van der Waals surface area contributed by atoms with Gasteiger partial charge in [-0.3, -0.25) is 9.69 Å². The molecule has 1 amide bonds. The third-order valence-corrected chi connectivity index (χ3v) is 3.62. The van der Waals surface area contributed by atoms with Crippen LogP contribution in [0.4, 0.5) is 11.4 Å². The number of rotatable bonds is 5. The van der Waals surface area contributed by atoms with Crippen LogP contribution in [0.1, 0.15) is 19.8 Å². The summed E-state index contributed by atoms with van der Waals surface area (Å²) in [6, 6.07) is 7.68. The van der Waals surface area contributed by atoms with Gasteiger partial charge in [-0.15, -0.1) is 0 Å². The van der Waals surface area contributed by atoms with Crippen LogP contribution in [-0.2, 0) is 9.53 Å². The number of anilines is 2. The van der Waals surface area contributed by atoms with Gasteiger partial charge in [0, 0.05) is 36.9 Å². The monoisotopic (exact) mass is 277 g/mol. The van der Waals surface area contributed by atoms with Crippen LogP contribution >= 0.6 is 0 Å². The molecular weight excluding hydrogens is 254 g/mol. The largest absolute Gasteiger partial charge is 0.399 e. The SMILES string of the molecule is CCC1COCCN1CCC(=O)Nc1cccc(N)c1. The fourth-order valence-electron chi connectivity index (χ4n) is 2.44. The number of nitrogens with one attached hydrogen (secondary N) is 1. The Balaban J connectivity index is 1.79. The van der Waals surface area contributed by atoms with E-state index < -0.39 is 0 Å². The summed E-state index contributed by atoms with van der Waals surface area (Å²) in [5, 5.41) is 2.88. The van der Waals surface area contributed by atoms with Crippen molar-refractivity contribution in [2.75, 3.05) is 37.4 Å². The third kappa shape index (κ3) is 4.21. The number of hydrogen-bond acceptors (Lipinski definition) is 4. The van der Waals surface area contributed by atoms with E-state index in [1.54, 1.807) is 12.1 Å². The van der Waals surface area contributed by atoms with Crippen molar-refractivity contribution in [3.63, 3.8) is 0 Å². The van der Waals surface area contributed by atoms with E-state index in [0.29, 0.717) is 18.2 Å². The van der Waals surface area contributed by atoms with E-state index in [0.717, 1.165) is 38.4 Å². The molecule has 1 aromatic carbocycles. The lowest BCUT2D eigenvalue weighted by Crippen LogP contribution is -2.46. The number of carbonyl (C=O) groups excluding carboxylic acids is 1. The van der Waals surface area contributed by atoms with Crippen LogP contribution in [0, 0.1) is 0 Å². The third-order valence-electron chi connectivity index (χ3n) is 3.62. The van der Waals surface area contributed by atoms with Crippen LogP contribution in [0.15, 0.2) is 24.3 Å². The maximum atomic E-state index is 12.0. The van der Waals surface area contributed by atoms with Crippen molar-refractivity contribution in [3.8, 4) is 0 Å². The van der Waals surface area contributed by atoms with Crippen molar-refractivity contribution in [1.82, 2.24) is 4.90 Å². The van der Waals surface area contributed by atoms with Gasteiger partial charge in [-0.1, -0.05) is 13.0 Å². The zero-order chi connectivity index (χ0) is 14.4. The molecule has 20 heavy (non-hydrogen) atoms. The van der Waals surface area contributed by atoms with Crippen LogP contribution in [0.2, 0.25) is 0 Å². The number of carbonyl (C=O) groups is 1. The highest BCUT2D eigenvalue weighted by Gasteiger charge is 2.21. The summed E-state index contributed by atoms with van der Waals surface area (Å²) in [7, 11) is 0. The molecular formula is C15H23N3O2. The fraction of sp³-hybridized carbons (Fsp3) is 0.533. The molecule has 2 rings (SSSR count). The molecule has 1 saturated heterocycles. The molecule has 0 radical (unpaired) electrons. The fourth-order valence-corrected chi connectivity index (χ4v) is 2.44. The van der Waals surface area contributed by atoms with Crippen LogP contribution in [0.3, 0.4) is 0 Å². The minimum absolute atomic E-state index is 0.0249. The number of nitrogens with zero attached hydrogens (tertiary/aromatic N) is 1. The van der Waals surface area contributed by atoms with Gasteiger partial charge in [0.05, 0.1) is 13.2 Å².